The second-order valence-electron chi connectivity index (χ2n) is 4.01. The number of benzene rings is 1. The van der Waals surface area contributed by atoms with Crippen molar-refractivity contribution in [2.24, 2.45) is 0 Å². The predicted molar refractivity (Wildman–Crippen MR) is 77.9 cm³/mol. The van der Waals surface area contributed by atoms with Gasteiger partial charge in [0.05, 0.1) is 18.6 Å². The Labute approximate surface area is 120 Å². The highest BCUT2D eigenvalue weighted by Crippen LogP contribution is 2.20. The molecule has 0 unspecified atom stereocenters. The van der Waals surface area contributed by atoms with Gasteiger partial charge in [-0.15, -0.1) is 0 Å². The fourth-order valence-corrected chi connectivity index (χ4v) is 1.97. The number of hydrogen-bond donors (Lipinski definition) is 2. The molecule has 1 aromatic heterocycles. The standard InChI is InChI=1S/C13H15BrN4O/c14-11-3-1-2-4-12(11)17-13(19)9-15-5-7-18-8-6-16-10-18/h1-4,6,8,10,15H,5,7,9H2,(H,17,19). The third-order valence-electron chi connectivity index (χ3n) is 2.54. The van der Waals surface area contributed by atoms with E-state index >= 15 is 0 Å². The Morgan fingerprint density at radius 3 is 2.95 bits per heavy atom. The normalized spacial score (nSPS) is 10.4. The summed E-state index contributed by atoms with van der Waals surface area (Å²) in [5.74, 6) is -0.0578. The van der Waals surface area contributed by atoms with Crippen LogP contribution in [0, 0.1) is 0 Å². The van der Waals surface area contributed by atoms with Crippen molar-refractivity contribution >= 4 is 27.5 Å². The lowest BCUT2D eigenvalue weighted by Crippen LogP contribution is -2.30. The molecule has 0 fully saturated rings. The molecule has 1 amide bonds. The maximum absolute atomic E-state index is 11.7. The highest BCUT2D eigenvalue weighted by Gasteiger charge is 2.04. The first-order chi connectivity index (χ1) is 9.25. The van der Waals surface area contributed by atoms with E-state index in [9.17, 15) is 4.79 Å². The van der Waals surface area contributed by atoms with Gasteiger partial charge in [0, 0.05) is 30.0 Å². The molecule has 19 heavy (non-hydrogen) atoms. The van der Waals surface area contributed by atoms with Crippen LogP contribution in [0.1, 0.15) is 0 Å². The zero-order chi connectivity index (χ0) is 13.5. The number of imidazole rings is 1. The smallest absolute Gasteiger partial charge is 0.238 e. The number of aromatic nitrogens is 2. The van der Waals surface area contributed by atoms with E-state index in [0.29, 0.717) is 0 Å². The minimum atomic E-state index is -0.0578. The van der Waals surface area contributed by atoms with Gasteiger partial charge in [0.15, 0.2) is 0 Å². The van der Waals surface area contributed by atoms with Gasteiger partial charge in [-0.05, 0) is 28.1 Å². The number of amides is 1. The van der Waals surface area contributed by atoms with Crippen molar-refractivity contribution in [1.29, 1.82) is 0 Å². The summed E-state index contributed by atoms with van der Waals surface area (Å²) in [6.07, 6.45) is 5.38. The lowest BCUT2D eigenvalue weighted by Gasteiger charge is -2.08. The summed E-state index contributed by atoms with van der Waals surface area (Å²) in [7, 11) is 0. The Bertz CT molecular complexity index is 527. The highest BCUT2D eigenvalue weighted by molar-refractivity contribution is 9.10. The third-order valence-corrected chi connectivity index (χ3v) is 3.23. The van der Waals surface area contributed by atoms with Crippen LogP contribution in [-0.2, 0) is 11.3 Å². The number of carbonyl (C=O) groups excluding carboxylic acids is 1. The van der Waals surface area contributed by atoms with E-state index in [2.05, 4.69) is 31.5 Å². The minimum Gasteiger partial charge on any atom is -0.336 e. The summed E-state index contributed by atoms with van der Waals surface area (Å²) in [4.78, 5) is 15.7. The van der Waals surface area contributed by atoms with E-state index in [-0.39, 0.29) is 12.5 Å². The zero-order valence-electron chi connectivity index (χ0n) is 10.3. The fraction of sp³-hybridized carbons (Fsp3) is 0.231. The molecule has 0 atom stereocenters. The van der Waals surface area contributed by atoms with Crippen LogP contribution in [0.5, 0.6) is 0 Å². The summed E-state index contributed by atoms with van der Waals surface area (Å²) in [5.41, 5.74) is 0.781. The van der Waals surface area contributed by atoms with E-state index in [1.165, 1.54) is 0 Å². The zero-order valence-corrected chi connectivity index (χ0v) is 11.9. The number of nitrogens with zero attached hydrogens (tertiary/aromatic N) is 2. The molecule has 0 aliphatic carbocycles. The van der Waals surface area contributed by atoms with Crippen molar-refractivity contribution < 1.29 is 4.79 Å². The quantitative estimate of drug-likeness (QED) is 0.798. The molecule has 100 valence electrons. The number of para-hydroxylation sites is 1. The van der Waals surface area contributed by atoms with Crippen LogP contribution in [0.15, 0.2) is 47.5 Å². The van der Waals surface area contributed by atoms with Crippen LogP contribution in [0.3, 0.4) is 0 Å². The number of rotatable bonds is 6. The van der Waals surface area contributed by atoms with Crippen molar-refractivity contribution in [2.45, 2.75) is 6.54 Å². The van der Waals surface area contributed by atoms with Gasteiger partial charge in [0.1, 0.15) is 0 Å². The number of anilines is 1. The van der Waals surface area contributed by atoms with Gasteiger partial charge in [-0.3, -0.25) is 4.79 Å². The SMILES string of the molecule is O=C(CNCCn1ccnc1)Nc1ccccc1Br. The second kappa shape index (κ2) is 7.06. The lowest BCUT2D eigenvalue weighted by atomic mass is 10.3. The molecule has 2 aromatic rings. The van der Waals surface area contributed by atoms with Gasteiger partial charge in [-0.2, -0.15) is 0 Å². The molecular formula is C13H15BrN4O. The molecule has 0 saturated heterocycles. The Kier molecular flexibility index (Phi) is 5.11. The van der Waals surface area contributed by atoms with Crippen molar-refractivity contribution in [3.63, 3.8) is 0 Å². The molecule has 0 aliphatic heterocycles. The molecule has 0 aliphatic rings. The van der Waals surface area contributed by atoms with Crippen LogP contribution >= 0.6 is 15.9 Å². The van der Waals surface area contributed by atoms with E-state index in [4.69, 9.17) is 0 Å². The van der Waals surface area contributed by atoms with Crippen molar-refractivity contribution in [2.75, 3.05) is 18.4 Å². The summed E-state index contributed by atoms with van der Waals surface area (Å²) in [5, 5.41) is 5.92. The first-order valence-corrected chi connectivity index (χ1v) is 6.76. The van der Waals surface area contributed by atoms with Crippen molar-refractivity contribution in [1.82, 2.24) is 14.9 Å². The van der Waals surface area contributed by atoms with Gasteiger partial charge in [0.25, 0.3) is 0 Å². The Balaban J connectivity index is 1.69. The van der Waals surface area contributed by atoms with Crippen LogP contribution < -0.4 is 10.6 Å². The van der Waals surface area contributed by atoms with Crippen molar-refractivity contribution in [3.05, 3.63) is 47.5 Å². The Morgan fingerprint density at radius 2 is 2.21 bits per heavy atom. The first-order valence-electron chi connectivity index (χ1n) is 5.96. The number of carbonyl (C=O) groups is 1. The molecule has 0 bridgehead atoms. The molecule has 0 spiro atoms. The van der Waals surface area contributed by atoms with Crippen LogP contribution in [0.25, 0.3) is 0 Å². The molecule has 6 heteroatoms. The van der Waals surface area contributed by atoms with E-state index in [0.717, 1.165) is 23.2 Å². The number of nitrogens with one attached hydrogen (secondary N) is 2. The van der Waals surface area contributed by atoms with Crippen LogP contribution in [0.2, 0.25) is 0 Å². The molecule has 1 aromatic carbocycles. The molecule has 5 nitrogen and oxygen atoms in total. The van der Waals surface area contributed by atoms with Crippen LogP contribution in [-0.4, -0.2) is 28.5 Å². The monoisotopic (exact) mass is 322 g/mol. The van der Waals surface area contributed by atoms with Gasteiger partial charge >= 0.3 is 0 Å². The summed E-state index contributed by atoms with van der Waals surface area (Å²) < 4.78 is 2.83. The molecule has 0 radical (unpaired) electrons. The molecular weight excluding hydrogens is 308 g/mol. The highest BCUT2D eigenvalue weighted by atomic mass is 79.9. The number of hydrogen-bond acceptors (Lipinski definition) is 3. The van der Waals surface area contributed by atoms with E-state index in [1.54, 1.807) is 12.5 Å². The average molecular weight is 323 g/mol. The maximum atomic E-state index is 11.7. The predicted octanol–water partition coefficient (Wildman–Crippen LogP) is 1.87. The first kappa shape index (κ1) is 13.8. The lowest BCUT2D eigenvalue weighted by molar-refractivity contribution is -0.115. The summed E-state index contributed by atoms with van der Waals surface area (Å²) in [6, 6.07) is 7.53. The maximum Gasteiger partial charge on any atom is 0.238 e. The van der Waals surface area contributed by atoms with Gasteiger partial charge in [-0.1, -0.05) is 12.1 Å². The average Bonchev–Trinajstić information content (AvgIpc) is 2.91. The largest absolute Gasteiger partial charge is 0.336 e. The molecule has 1 heterocycles. The second-order valence-corrected chi connectivity index (χ2v) is 4.86. The molecule has 2 N–H and O–H groups in total. The Hall–Kier alpha value is -1.66. The van der Waals surface area contributed by atoms with Crippen LogP contribution in [0.4, 0.5) is 5.69 Å². The topological polar surface area (TPSA) is 59.0 Å². The molecule has 2 rings (SSSR count). The number of halogens is 1. The van der Waals surface area contributed by atoms with E-state index in [1.807, 2.05) is 35.0 Å². The van der Waals surface area contributed by atoms with Gasteiger partial charge in [0.2, 0.25) is 5.91 Å². The summed E-state index contributed by atoms with van der Waals surface area (Å²) >= 11 is 3.39. The Morgan fingerprint density at radius 1 is 1.37 bits per heavy atom. The van der Waals surface area contributed by atoms with Gasteiger partial charge in [-0.25, -0.2) is 4.98 Å². The summed E-state index contributed by atoms with van der Waals surface area (Å²) in [6.45, 7) is 1.80. The molecule has 0 saturated carbocycles. The van der Waals surface area contributed by atoms with Gasteiger partial charge < -0.3 is 15.2 Å². The third kappa shape index (κ3) is 4.50. The minimum absolute atomic E-state index is 0.0578. The van der Waals surface area contributed by atoms with E-state index < -0.39 is 0 Å². The van der Waals surface area contributed by atoms with Crippen molar-refractivity contribution in [3.8, 4) is 0 Å². The fourth-order valence-electron chi connectivity index (χ4n) is 1.59.